The second-order valence-electron chi connectivity index (χ2n) is 8.67. The maximum absolute atomic E-state index is 13.0. The van der Waals surface area contributed by atoms with Crippen LogP contribution in [0.3, 0.4) is 0 Å². The van der Waals surface area contributed by atoms with E-state index < -0.39 is 17.6 Å². The Kier molecular flexibility index (Phi) is 5.25. The minimum absolute atomic E-state index is 0.0356. The first-order valence-corrected chi connectivity index (χ1v) is 11.9. The molecule has 1 saturated carbocycles. The van der Waals surface area contributed by atoms with E-state index >= 15 is 0 Å². The van der Waals surface area contributed by atoms with Gasteiger partial charge >= 0.3 is 6.03 Å². The molecule has 5 rings (SSSR count). The Bertz CT molecular complexity index is 1160. The highest BCUT2D eigenvalue weighted by molar-refractivity contribution is 7.10. The first-order chi connectivity index (χ1) is 15.5. The van der Waals surface area contributed by atoms with Crippen LogP contribution in [-0.4, -0.2) is 45.9 Å². The number of aromatic amines is 1. The van der Waals surface area contributed by atoms with Crippen LogP contribution in [0.25, 0.3) is 10.9 Å². The zero-order valence-electron chi connectivity index (χ0n) is 17.9. The number of rotatable bonds is 6. The molecule has 3 aromatic rings. The largest absolute Gasteiger partial charge is 0.361 e. The number of carbonyl (C=O) groups excluding carboxylic acids is 3. The average molecular weight is 451 g/mol. The van der Waals surface area contributed by atoms with Crippen molar-refractivity contribution in [1.29, 1.82) is 0 Å². The zero-order chi connectivity index (χ0) is 22.3. The lowest BCUT2D eigenvalue weighted by atomic mass is 9.96. The topological polar surface area (TPSA) is 94.3 Å². The number of urea groups is 1. The normalized spacial score (nSPS) is 19.5. The molecule has 2 aliphatic rings. The molecule has 2 unspecified atom stereocenters. The van der Waals surface area contributed by atoms with Gasteiger partial charge in [0, 0.05) is 34.4 Å². The molecule has 166 valence electrons. The quantitative estimate of drug-likeness (QED) is 0.500. The first kappa shape index (κ1) is 20.8. The summed E-state index contributed by atoms with van der Waals surface area (Å²) in [5, 5.41) is 8.99. The number of H-pyrrole nitrogens is 1. The van der Waals surface area contributed by atoms with Gasteiger partial charge in [-0.2, -0.15) is 0 Å². The Balaban J connectivity index is 1.34. The SMILES string of the molecule is CC(C(=O)NCC(c1cccs1)c1c[nH]c2ccccc12)N1C(=O)NC2(CCCC2)C1=O. The van der Waals surface area contributed by atoms with Crippen molar-refractivity contribution in [3.63, 3.8) is 0 Å². The molecule has 1 aliphatic carbocycles. The number of benzene rings is 1. The average Bonchev–Trinajstić information content (AvgIpc) is 3.58. The molecule has 0 bridgehead atoms. The monoisotopic (exact) mass is 450 g/mol. The van der Waals surface area contributed by atoms with Gasteiger partial charge in [-0.1, -0.05) is 37.1 Å². The van der Waals surface area contributed by atoms with E-state index in [1.807, 2.05) is 35.8 Å². The summed E-state index contributed by atoms with van der Waals surface area (Å²) < 4.78 is 0. The van der Waals surface area contributed by atoms with Crippen LogP contribution in [-0.2, 0) is 9.59 Å². The predicted molar refractivity (Wildman–Crippen MR) is 124 cm³/mol. The van der Waals surface area contributed by atoms with Crippen LogP contribution in [0.4, 0.5) is 4.79 Å². The molecule has 1 aromatic carbocycles. The Hall–Kier alpha value is -3.13. The van der Waals surface area contributed by atoms with Gasteiger partial charge in [-0.15, -0.1) is 11.3 Å². The van der Waals surface area contributed by atoms with Crippen molar-refractivity contribution >= 4 is 40.1 Å². The standard InChI is InChI=1S/C24H26N4O3S/c1-15(28-22(30)24(27-23(28)31)10-4-5-11-24)21(29)26-14-18(20-9-6-12-32-20)17-13-25-19-8-3-2-7-16(17)19/h2-3,6-9,12-13,15,18,25H,4-5,10-11,14H2,1H3,(H,26,29)(H,27,31). The Morgan fingerprint density at radius 3 is 2.72 bits per heavy atom. The summed E-state index contributed by atoms with van der Waals surface area (Å²) in [5.74, 6) is -0.634. The summed E-state index contributed by atoms with van der Waals surface area (Å²) in [6.45, 7) is 1.99. The number of hydrogen-bond acceptors (Lipinski definition) is 4. The number of aromatic nitrogens is 1. The smallest absolute Gasteiger partial charge is 0.325 e. The van der Waals surface area contributed by atoms with Gasteiger partial charge < -0.3 is 15.6 Å². The van der Waals surface area contributed by atoms with Gasteiger partial charge in [-0.25, -0.2) is 9.69 Å². The van der Waals surface area contributed by atoms with E-state index in [0.717, 1.165) is 39.1 Å². The molecule has 3 N–H and O–H groups in total. The Labute approximate surface area is 190 Å². The molecule has 2 fully saturated rings. The van der Waals surface area contributed by atoms with Gasteiger partial charge in [0.05, 0.1) is 0 Å². The highest BCUT2D eigenvalue weighted by Crippen LogP contribution is 2.36. The molecule has 32 heavy (non-hydrogen) atoms. The third-order valence-electron chi connectivity index (χ3n) is 6.78. The van der Waals surface area contributed by atoms with Crippen LogP contribution in [0.15, 0.2) is 48.0 Å². The van der Waals surface area contributed by atoms with Gasteiger partial charge in [-0.05, 0) is 42.8 Å². The molecule has 8 heteroatoms. The maximum Gasteiger partial charge on any atom is 0.325 e. The van der Waals surface area contributed by atoms with Crippen molar-refractivity contribution in [3.05, 3.63) is 58.4 Å². The van der Waals surface area contributed by atoms with Gasteiger partial charge in [-0.3, -0.25) is 9.59 Å². The van der Waals surface area contributed by atoms with Crippen molar-refractivity contribution in [2.24, 2.45) is 0 Å². The molecule has 1 aliphatic heterocycles. The maximum atomic E-state index is 13.0. The lowest BCUT2D eigenvalue weighted by Crippen LogP contribution is -2.50. The summed E-state index contributed by atoms with van der Waals surface area (Å²) in [4.78, 5) is 44.2. The molecule has 4 amide bonds. The molecule has 2 aromatic heterocycles. The summed E-state index contributed by atoms with van der Waals surface area (Å²) in [5.41, 5.74) is 1.34. The van der Waals surface area contributed by atoms with Crippen molar-refractivity contribution in [3.8, 4) is 0 Å². The molecule has 3 heterocycles. The lowest BCUT2D eigenvalue weighted by molar-refractivity contribution is -0.137. The predicted octanol–water partition coefficient (Wildman–Crippen LogP) is 3.73. The highest BCUT2D eigenvalue weighted by atomic mass is 32.1. The molecular formula is C24H26N4O3S. The number of carbonyl (C=O) groups is 3. The number of nitrogens with one attached hydrogen (secondary N) is 3. The molecular weight excluding hydrogens is 424 g/mol. The van der Waals surface area contributed by atoms with Crippen LogP contribution in [0.5, 0.6) is 0 Å². The molecule has 7 nitrogen and oxygen atoms in total. The van der Waals surface area contributed by atoms with Crippen LogP contribution in [0.2, 0.25) is 0 Å². The summed E-state index contributed by atoms with van der Waals surface area (Å²) in [7, 11) is 0. The minimum Gasteiger partial charge on any atom is -0.361 e. The van der Waals surface area contributed by atoms with Gasteiger partial charge in [0.15, 0.2) is 0 Å². The van der Waals surface area contributed by atoms with Gasteiger partial charge in [0.1, 0.15) is 11.6 Å². The van der Waals surface area contributed by atoms with Crippen molar-refractivity contribution in [1.82, 2.24) is 20.5 Å². The number of amides is 4. The number of hydrogen-bond donors (Lipinski definition) is 3. The number of thiophene rings is 1. The third-order valence-corrected chi connectivity index (χ3v) is 7.77. The van der Waals surface area contributed by atoms with E-state index in [9.17, 15) is 14.4 Å². The number of imide groups is 1. The van der Waals surface area contributed by atoms with E-state index in [2.05, 4.69) is 27.8 Å². The molecule has 2 atom stereocenters. The molecule has 1 saturated heterocycles. The van der Waals surface area contributed by atoms with Crippen LogP contribution in [0.1, 0.15) is 49.0 Å². The second kappa shape index (κ2) is 8.09. The van der Waals surface area contributed by atoms with E-state index in [1.54, 1.807) is 18.3 Å². The highest BCUT2D eigenvalue weighted by Gasteiger charge is 2.54. The fraction of sp³-hybridized carbons (Fsp3) is 0.375. The minimum atomic E-state index is -0.866. The second-order valence-corrected chi connectivity index (χ2v) is 9.65. The van der Waals surface area contributed by atoms with E-state index in [-0.39, 0.29) is 17.7 Å². The number of fused-ring (bicyclic) bond motifs is 1. The zero-order valence-corrected chi connectivity index (χ0v) is 18.7. The van der Waals surface area contributed by atoms with E-state index in [0.29, 0.717) is 19.4 Å². The summed E-state index contributed by atoms with van der Waals surface area (Å²) in [6, 6.07) is 10.8. The lowest BCUT2D eigenvalue weighted by Gasteiger charge is -2.24. The van der Waals surface area contributed by atoms with Gasteiger partial charge in [0.2, 0.25) is 5.91 Å². The van der Waals surface area contributed by atoms with Crippen molar-refractivity contribution in [2.75, 3.05) is 6.54 Å². The van der Waals surface area contributed by atoms with Crippen molar-refractivity contribution < 1.29 is 14.4 Å². The van der Waals surface area contributed by atoms with E-state index in [1.165, 1.54) is 0 Å². The third kappa shape index (κ3) is 3.39. The molecule has 0 radical (unpaired) electrons. The molecule has 1 spiro atoms. The van der Waals surface area contributed by atoms with Crippen LogP contribution in [0, 0.1) is 0 Å². The Morgan fingerprint density at radius 2 is 1.97 bits per heavy atom. The Morgan fingerprint density at radius 1 is 1.19 bits per heavy atom. The summed E-state index contributed by atoms with van der Waals surface area (Å²) in [6.07, 6.45) is 5.10. The number of para-hydroxylation sites is 1. The van der Waals surface area contributed by atoms with E-state index in [4.69, 9.17) is 0 Å². The van der Waals surface area contributed by atoms with Crippen molar-refractivity contribution in [2.45, 2.75) is 50.1 Å². The number of nitrogens with zero attached hydrogens (tertiary/aromatic N) is 1. The fourth-order valence-electron chi connectivity index (χ4n) is 5.01. The summed E-state index contributed by atoms with van der Waals surface area (Å²) >= 11 is 1.64. The van der Waals surface area contributed by atoms with Crippen LogP contribution < -0.4 is 10.6 Å². The van der Waals surface area contributed by atoms with Crippen LogP contribution >= 0.6 is 11.3 Å². The first-order valence-electron chi connectivity index (χ1n) is 11.0. The fourth-order valence-corrected chi connectivity index (χ4v) is 5.86. The van der Waals surface area contributed by atoms with Gasteiger partial charge in [0.25, 0.3) is 5.91 Å².